The minimum absolute atomic E-state index is 0.157. The third-order valence-electron chi connectivity index (χ3n) is 4.18. The fraction of sp³-hybridized carbons (Fsp3) is 0.571. The smallest absolute Gasteiger partial charge is 0.329 e. The van der Waals surface area contributed by atoms with Crippen LogP contribution in [-0.2, 0) is 9.59 Å². The number of carboxylic acids is 1. The number of alkyl halides is 2. The van der Waals surface area contributed by atoms with Gasteiger partial charge in [-0.2, -0.15) is 13.8 Å². The molecular formula is C14H14ClF2N4O5-. The van der Waals surface area contributed by atoms with E-state index in [-0.39, 0.29) is 5.92 Å². The van der Waals surface area contributed by atoms with Crippen LogP contribution >= 0.6 is 11.6 Å². The molecule has 1 heterocycles. The van der Waals surface area contributed by atoms with E-state index in [1.807, 2.05) is 6.92 Å². The van der Waals surface area contributed by atoms with Gasteiger partial charge in [0.05, 0.1) is 11.5 Å². The Morgan fingerprint density at radius 2 is 2.12 bits per heavy atom. The Hall–Kier alpha value is -2.43. The second-order valence-electron chi connectivity index (χ2n) is 6.13. The van der Waals surface area contributed by atoms with E-state index in [4.69, 9.17) is 11.6 Å². The summed E-state index contributed by atoms with van der Waals surface area (Å²) in [6.45, 7) is 0.482. The average Bonchev–Trinajstić information content (AvgIpc) is 2.97. The number of carbonyl (C=O) groups excluding carboxylic acids is 2. The standard InChI is InChI=1S/C14H15ClF2N4O5/c1-7-2-3-8(4-7)20(6-14(16,17)10(22)12(23)24)11-9(21(25)26)5-18-13(15)19-11/h5,7-8H,2-4,6H2,1H3,(H,23,24)/p-1/t7-,8?/m1/s1. The van der Waals surface area contributed by atoms with E-state index in [1.165, 1.54) is 0 Å². The Labute approximate surface area is 151 Å². The average molecular weight is 392 g/mol. The predicted octanol–water partition coefficient (Wildman–Crippen LogP) is 0.987. The van der Waals surface area contributed by atoms with Crippen molar-refractivity contribution >= 4 is 34.9 Å². The van der Waals surface area contributed by atoms with Crippen LogP contribution in [0.5, 0.6) is 0 Å². The number of Topliss-reactive ketones (excluding diaryl/α,β-unsaturated/α-hetero) is 1. The number of carbonyl (C=O) groups is 2. The maximum Gasteiger partial charge on any atom is 0.329 e. The van der Waals surface area contributed by atoms with E-state index in [1.54, 1.807) is 0 Å². The summed E-state index contributed by atoms with van der Waals surface area (Å²) in [5.74, 6) is -9.60. The van der Waals surface area contributed by atoms with Gasteiger partial charge in [0.25, 0.3) is 0 Å². The zero-order valence-electron chi connectivity index (χ0n) is 13.5. The Morgan fingerprint density at radius 3 is 2.62 bits per heavy atom. The van der Waals surface area contributed by atoms with Crippen molar-refractivity contribution in [1.29, 1.82) is 0 Å². The van der Waals surface area contributed by atoms with Crippen molar-refractivity contribution in [3.05, 3.63) is 21.6 Å². The molecule has 1 aliphatic rings. The van der Waals surface area contributed by atoms with E-state index in [9.17, 15) is 33.6 Å². The lowest BCUT2D eigenvalue weighted by atomic mass is 10.1. The van der Waals surface area contributed by atoms with Crippen molar-refractivity contribution in [3.63, 3.8) is 0 Å². The number of aromatic nitrogens is 2. The second kappa shape index (κ2) is 7.44. The second-order valence-corrected chi connectivity index (χ2v) is 6.46. The summed E-state index contributed by atoms with van der Waals surface area (Å²) >= 11 is 5.66. The van der Waals surface area contributed by atoms with Gasteiger partial charge in [-0.05, 0) is 36.8 Å². The largest absolute Gasteiger partial charge is 0.542 e. The SMILES string of the molecule is C[C@@H]1CCC(N(CC(F)(F)C(=O)C(=O)[O-])c2nc(Cl)ncc2[N+](=O)[O-])C1. The van der Waals surface area contributed by atoms with Crippen molar-refractivity contribution < 1.29 is 28.4 Å². The summed E-state index contributed by atoms with van der Waals surface area (Å²) in [5.41, 5.74) is -0.675. The minimum Gasteiger partial charge on any atom is -0.542 e. The molecule has 0 radical (unpaired) electrons. The first-order valence-electron chi connectivity index (χ1n) is 7.60. The van der Waals surface area contributed by atoms with Crippen molar-refractivity contribution in [3.8, 4) is 0 Å². The summed E-state index contributed by atoms with van der Waals surface area (Å²) in [7, 11) is 0. The van der Waals surface area contributed by atoms with E-state index in [0.717, 1.165) is 11.1 Å². The quantitative estimate of drug-likeness (QED) is 0.291. The van der Waals surface area contributed by atoms with E-state index in [2.05, 4.69) is 9.97 Å². The molecule has 1 aromatic heterocycles. The van der Waals surface area contributed by atoms with Crippen LogP contribution in [0.3, 0.4) is 0 Å². The van der Waals surface area contributed by atoms with Gasteiger partial charge in [-0.15, -0.1) is 0 Å². The molecule has 2 rings (SSSR count). The van der Waals surface area contributed by atoms with Crippen LogP contribution in [0.1, 0.15) is 26.2 Å². The normalized spacial score (nSPS) is 20.0. The van der Waals surface area contributed by atoms with Crippen LogP contribution in [0.2, 0.25) is 5.28 Å². The van der Waals surface area contributed by atoms with Crippen LogP contribution in [-0.4, -0.2) is 45.2 Å². The van der Waals surface area contributed by atoms with Gasteiger partial charge in [-0.25, -0.2) is 4.98 Å². The van der Waals surface area contributed by atoms with Crippen LogP contribution in [0.15, 0.2) is 6.20 Å². The summed E-state index contributed by atoms with van der Waals surface area (Å²) < 4.78 is 28.3. The first-order valence-corrected chi connectivity index (χ1v) is 7.98. The lowest BCUT2D eigenvalue weighted by molar-refractivity contribution is -0.384. The molecule has 1 aliphatic carbocycles. The molecule has 1 saturated carbocycles. The highest BCUT2D eigenvalue weighted by molar-refractivity contribution is 6.34. The van der Waals surface area contributed by atoms with E-state index < -0.39 is 52.0 Å². The molecule has 0 N–H and O–H groups in total. The van der Waals surface area contributed by atoms with Crippen LogP contribution in [0.25, 0.3) is 0 Å². The minimum atomic E-state index is -4.32. The number of aliphatic carboxylic acids is 1. The summed E-state index contributed by atoms with van der Waals surface area (Å²) in [5, 5.41) is 21.4. The fourth-order valence-corrected chi connectivity index (χ4v) is 3.09. The topological polar surface area (TPSA) is 129 Å². The van der Waals surface area contributed by atoms with Gasteiger partial charge >= 0.3 is 11.6 Å². The summed E-state index contributed by atoms with van der Waals surface area (Å²) in [6.07, 6.45) is 2.27. The number of carboxylic acid groups (broad SMARTS) is 1. The Balaban J connectivity index is 2.49. The third-order valence-corrected chi connectivity index (χ3v) is 4.37. The highest BCUT2D eigenvalue weighted by Crippen LogP contribution is 2.37. The van der Waals surface area contributed by atoms with Gasteiger partial charge in [-0.3, -0.25) is 14.9 Å². The number of ketones is 1. The van der Waals surface area contributed by atoms with Gasteiger partial charge in [0.1, 0.15) is 12.2 Å². The van der Waals surface area contributed by atoms with E-state index in [0.29, 0.717) is 19.3 Å². The number of nitro groups is 1. The van der Waals surface area contributed by atoms with Gasteiger partial charge < -0.3 is 14.8 Å². The molecule has 0 bridgehead atoms. The highest BCUT2D eigenvalue weighted by atomic mass is 35.5. The summed E-state index contributed by atoms with van der Waals surface area (Å²) in [6, 6.07) is -0.602. The lowest BCUT2D eigenvalue weighted by Gasteiger charge is -2.32. The highest BCUT2D eigenvalue weighted by Gasteiger charge is 2.45. The Bertz CT molecular complexity index is 748. The van der Waals surface area contributed by atoms with Crippen LogP contribution in [0.4, 0.5) is 20.3 Å². The molecule has 0 amide bonds. The number of anilines is 1. The number of halogens is 3. The molecule has 0 aromatic carbocycles. The molecule has 1 fully saturated rings. The molecule has 9 nitrogen and oxygen atoms in total. The lowest BCUT2D eigenvalue weighted by Crippen LogP contribution is -2.52. The van der Waals surface area contributed by atoms with Crippen molar-refractivity contribution in [1.82, 2.24) is 9.97 Å². The molecule has 26 heavy (non-hydrogen) atoms. The molecule has 0 aliphatic heterocycles. The number of hydrogen-bond acceptors (Lipinski definition) is 8. The van der Waals surface area contributed by atoms with Gasteiger partial charge in [0.15, 0.2) is 0 Å². The molecule has 12 heteroatoms. The molecule has 0 spiro atoms. The first kappa shape index (κ1) is 19.9. The van der Waals surface area contributed by atoms with Crippen molar-refractivity contribution in [2.75, 3.05) is 11.4 Å². The maximum atomic E-state index is 14.1. The first-order chi connectivity index (χ1) is 12.0. The van der Waals surface area contributed by atoms with Crippen molar-refractivity contribution in [2.24, 2.45) is 5.92 Å². The molecule has 0 saturated heterocycles. The monoisotopic (exact) mass is 391 g/mol. The van der Waals surface area contributed by atoms with Crippen LogP contribution in [0, 0.1) is 16.0 Å². The van der Waals surface area contributed by atoms with Crippen molar-refractivity contribution in [2.45, 2.75) is 38.2 Å². The zero-order chi connectivity index (χ0) is 19.6. The molecule has 1 unspecified atom stereocenters. The Morgan fingerprint density at radius 1 is 1.46 bits per heavy atom. The maximum absolute atomic E-state index is 14.1. The predicted molar refractivity (Wildman–Crippen MR) is 82.8 cm³/mol. The van der Waals surface area contributed by atoms with Gasteiger partial charge in [0, 0.05) is 6.04 Å². The van der Waals surface area contributed by atoms with E-state index >= 15 is 0 Å². The number of hydrogen-bond donors (Lipinski definition) is 0. The van der Waals surface area contributed by atoms with Gasteiger partial charge in [-0.1, -0.05) is 6.92 Å². The van der Waals surface area contributed by atoms with Crippen LogP contribution < -0.4 is 10.0 Å². The van der Waals surface area contributed by atoms with Gasteiger partial charge in [0.2, 0.25) is 16.9 Å². The fourth-order valence-electron chi connectivity index (χ4n) is 2.96. The molecule has 1 aromatic rings. The number of nitrogens with zero attached hydrogens (tertiary/aromatic N) is 4. The third kappa shape index (κ3) is 4.21. The molecular weight excluding hydrogens is 378 g/mol. The number of rotatable bonds is 7. The summed E-state index contributed by atoms with van der Waals surface area (Å²) in [4.78, 5) is 40.2. The molecule has 2 atom stereocenters. The Kier molecular flexibility index (Phi) is 5.69. The molecule has 142 valence electrons. The zero-order valence-corrected chi connectivity index (χ0v) is 14.3.